The number of anilines is 1. The lowest BCUT2D eigenvalue weighted by Crippen LogP contribution is -2.30. The number of ether oxygens (including phenoxy) is 1. The first-order chi connectivity index (χ1) is 14.9. The number of benzene rings is 2. The Balaban J connectivity index is 1.81. The van der Waals surface area contributed by atoms with Gasteiger partial charge >= 0.3 is 0 Å². The summed E-state index contributed by atoms with van der Waals surface area (Å²) in [6.45, 7) is 6.40. The summed E-state index contributed by atoms with van der Waals surface area (Å²) >= 11 is 7.78. The van der Waals surface area contributed by atoms with E-state index in [-0.39, 0.29) is 11.9 Å². The van der Waals surface area contributed by atoms with Crippen LogP contribution in [0.15, 0.2) is 48.5 Å². The summed E-state index contributed by atoms with van der Waals surface area (Å²) in [4.78, 5) is 20.0. The molecule has 0 saturated carbocycles. The van der Waals surface area contributed by atoms with Crippen LogP contribution in [-0.4, -0.2) is 27.8 Å². The Bertz CT molecular complexity index is 1230. The third-order valence-corrected chi connectivity index (χ3v) is 6.50. The first-order valence-corrected chi connectivity index (χ1v) is 11.1. The van der Waals surface area contributed by atoms with Crippen LogP contribution in [0.25, 0.3) is 10.2 Å². The number of hydrogen-bond acceptors (Lipinski definition) is 5. The molecule has 0 atom stereocenters. The van der Waals surface area contributed by atoms with E-state index in [0.29, 0.717) is 33.7 Å². The summed E-state index contributed by atoms with van der Waals surface area (Å²) in [5.74, 6) is 0.412. The zero-order valence-electron chi connectivity index (χ0n) is 17.8. The van der Waals surface area contributed by atoms with E-state index in [1.54, 1.807) is 24.1 Å². The van der Waals surface area contributed by atoms with E-state index in [1.807, 2.05) is 61.9 Å². The van der Waals surface area contributed by atoms with Crippen molar-refractivity contribution in [3.63, 3.8) is 0 Å². The van der Waals surface area contributed by atoms with E-state index in [1.165, 1.54) is 11.3 Å². The largest absolute Gasteiger partial charge is 0.494 e. The average molecular weight is 455 g/mol. The number of aromatic nitrogens is 3. The van der Waals surface area contributed by atoms with Crippen LogP contribution in [0.2, 0.25) is 5.02 Å². The van der Waals surface area contributed by atoms with Crippen molar-refractivity contribution in [1.29, 1.82) is 0 Å². The van der Waals surface area contributed by atoms with Crippen molar-refractivity contribution in [2.75, 3.05) is 12.0 Å². The second-order valence-electron chi connectivity index (χ2n) is 7.51. The normalized spacial score (nSPS) is 11.3. The third kappa shape index (κ3) is 4.16. The molecule has 1 amide bonds. The van der Waals surface area contributed by atoms with Crippen LogP contribution in [0.5, 0.6) is 5.75 Å². The third-order valence-electron chi connectivity index (χ3n) is 4.96. The topological polar surface area (TPSA) is 60.2 Å². The molecule has 0 aliphatic heterocycles. The maximum absolute atomic E-state index is 13.6. The number of hydrogen-bond donors (Lipinski definition) is 0. The zero-order valence-corrected chi connectivity index (χ0v) is 19.4. The summed E-state index contributed by atoms with van der Waals surface area (Å²) in [6, 6.07) is 15.4. The quantitative estimate of drug-likeness (QED) is 0.364. The highest BCUT2D eigenvalue weighted by Gasteiger charge is 2.26. The molecule has 4 aromatic rings. The zero-order chi connectivity index (χ0) is 22.1. The Morgan fingerprint density at radius 2 is 1.97 bits per heavy atom. The van der Waals surface area contributed by atoms with Crippen molar-refractivity contribution < 1.29 is 9.53 Å². The van der Waals surface area contributed by atoms with Crippen molar-refractivity contribution in [2.24, 2.45) is 0 Å². The lowest BCUT2D eigenvalue weighted by atomic mass is 10.2. The molecule has 0 saturated heterocycles. The van der Waals surface area contributed by atoms with Crippen molar-refractivity contribution in [1.82, 2.24) is 14.8 Å². The molecule has 0 N–H and O–H groups in total. The van der Waals surface area contributed by atoms with Crippen LogP contribution in [-0.2, 0) is 6.54 Å². The van der Waals surface area contributed by atoms with E-state index >= 15 is 0 Å². The number of nitrogens with zero attached hydrogens (tertiary/aromatic N) is 4. The molecule has 160 valence electrons. The minimum absolute atomic E-state index is 0.162. The van der Waals surface area contributed by atoms with E-state index in [4.69, 9.17) is 21.3 Å². The average Bonchev–Trinajstić information content (AvgIpc) is 3.37. The predicted octanol–water partition coefficient (Wildman–Crippen LogP) is 5.89. The Labute approximate surface area is 190 Å². The van der Waals surface area contributed by atoms with Crippen molar-refractivity contribution >= 4 is 44.2 Å². The Hall–Kier alpha value is -2.90. The number of rotatable bonds is 6. The van der Waals surface area contributed by atoms with Gasteiger partial charge in [0.1, 0.15) is 11.3 Å². The van der Waals surface area contributed by atoms with Crippen LogP contribution < -0.4 is 9.64 Å². The molecular weight excluding hydrogens is 432 g/mol. The Morgan fingerprint density at radius 3 is 2.61 bits per heavy atom. The van der Waals surface area contributed by atoms with Gasteiger partial charge in [-0.3, -0.25) is 14.4 Å². The lowest BCUT2D eigenvalue weighted by Gasteiger charge is -2.19. The molecule has 2 aromatic carbocycles. The first kappa shape index (κ1) is 21.3. The van der Waals surface area contributed by atoms with Crippen molar-refractivity contribution in [3.8, 4) is 5.75 Å². The number of fused-ring (bicyclic) bond motifs is 1. The molecule has 0 spiro atoms. The summed E-state index contributed by atoms with van der Waals surface area (Å²) in [7, 11) is 1.59. The van der Waals surface area contributed by atoms with Gasteiger partial charge in [-0.1, -0.05) is 53.3 Å². The van der Waals surface area contributed by atoms with Gasteiger partial charge in [0.25, 0.3) is 5.91 Å². The maximum Gasteiger partial charge on any atom is 0.280 e. The molecule has 4 rings (SSSR count). The van der Waals surface area contributed by atoms with Gasteiger partial charge in [-0.25, -0.2) is 4.98 Å². The van der Waals surface area contributed by atoms with Gasteiger partial charge in [-0.05, 0) is 44.5 Å². The lowest BCUT2D eigenvalue weighted by molar-refractivity contribution is 0.0979. The summed E-state index contributed by atoms with van der Waals surface area (Å²) in [6.07, 6.45) is 0. The minimum Gasteiger partial charge on any atom is -0.494 e. The number of halogens is 1. The van der Waals surface area contributed by atoms with Crippen LogP contribution >= 0.6 is 22.9 Å². The number of amides is 1. The molecule has 0 aliphatic carbocycles. The molecule has 0 fully saturated rings. The van der Waals surface area contributed by atoms with Crippen molar-refractivity contribution in [2.45, 2.75) is 33.4 Å². The monoisotopic (exact) mass is 454 g/mol. The maximum atomic E-state index is 13.6. The molecule has 0 unspecified atom stereocenters. The second-order valence-corrected chi connectivity index (χ2v) is 8.89. The molecule has 8 heteroatoms. The Kier molecular flexibility index (Phi) is 5.98. The number of methoxy groups -OCH3 is 1. The molecule has 2 aromatic heterocycles. The predicted molar refractivity (Wildman–Crippen MR) is 125 cm³/mol. The fraction of sp³-hybridized carbons (Fsp3) is 0.261. The van der Waals surface area contributed by atoms with Gasteiger partial charge in [0.15, 0.2) is 10.8 Å². The number of thiazole rings is 1. The van der Waals surface area contributed by atoms with E-state index in [0.717, 1.165) is 16.0 Å². The van der Waals surface area contributed by atoms with E-state index in [2.05, 4.69) is 5.10 Å². The molecular formula is C23H23ClN4O2S. The minimum atomic E-state index is -0.208. The molecule has 2 heterocycles. The SMILES string of the molecule is COc1ccc(Cl)c2sc(N(Cc3ccccc3)C(=O)c3cc(C)n(C(C)C)n3)nc12. The second kappa shape index (κ2) is 8.69. The smallest absolute Gasteiger partial charge is 0.280 e. The Morgan fingerprint density at radius 1 is 1.23 bits per heavy atom. The highest BCUT2D eigenvalue weighted by Crippen LogP contribution is 2.39. The van der Waals surface area contributed by atoms with Crippen LogP contribution in [0.3, 0.4) is 0 Å². The van der Waals surface area contributed by atoms with Gasteiger partial charge in [0.05, 0.1) is 23.4 Å². The van der Waals surface area contributed by atoms with Gasteiger partial charge in [0, 0.05) is 11.7 Å². The number of aryl methyl sites for hydroxylation is 1. The fourth-order valence-electron chi connectivity index (χ4n) is 3.47. The van der Waals surface area contributed by atoms with Gasteiger partial charge in [-0.2, -0.15) is 5.10 Å². The van der Waals surface area contributed by atoms with E-state index in [9.17, 15) is 4.79 Å². The fourth-order valence-corrected chi connectivity index (χ4v) is 4.72. The molecule has 6 nitrogen and oxygen atoms in total. The number of carbonyl (C=O) groups excluding carboxylic acids is 1. The summed E-state index contributed by atoms with van der Waals surface area (Å²) in [5, 5.41) is 5.68. The van der Waals surface area contributed by atoms with Gasteiger partial charge < -0.3 is 4.74 Å². The van der Waals surface area contributed by atoms with Crippen LogP contribution in [0, 0.1) is 6.92 Å². The van der Waals surface area contributed by atoms with Gasteiger partial charge in [0.2, 0.25) is 0 Å². The van der Waals surface area contributed by atoms with Gasteiger partial charge in [-0.15, -0.1) is 0 Å². The summed E-state index contributed by atoms with van der Waals surface area (Å²) in [5.41, 5.74) is 2.96. The number of carbonyl (C=O) groups is 1. The van der Waals surface area contributed by atoms with E-state index < -0.39 is 0 Å². The van der Waals surface area contributed by atoms with Crippen LogP contribution in [0.1, 0.15) is 41.6 Å². The first-order valence-electron chi connectivity index (χ1n) is 9.94. The highest BCUT2D eigenvalue weighted by molar-refractivity contribution is 7.23. The standard InChI is InChI=1S/C23H23ClN4O2S/c1-14(2)28-15(3)12-18(26-28)22(29)27(13-16-8-6-5-7-9-16)23-25-20-19(30-4)11-10-17(24)21(20)31-23/h5-12,14H,13H2,1-4H3. The molecule has 31 heavy (non-hydrogen) atoms. The molecule has 0 bridgehead atoms. The molecule has 0 aliphatic rings. The highest BCUT2D eigenvalue weighted by atomic mass is 35.5. The summed E-state index contributed by atoms with van der Waals surface area (Å²) < 4.78 is 8.09. The van der Waals surface area contributed by atoms with Crippen molar-refractivity contribution in [3.05, 3.63) is 70.5 Å². The molecule has 0 radical (unpaired) electrons. The van der Waals surface area contributed by atoms with Crippen LogP contribution in [0.4, 0.5) is 5.13 Å².